The second-order valence-corrected chi connectivity index (χ2v) is 3.86. The largest absolute Gasteiger partial charge is 0.394 e. The highest BCUT2D eigenvalue weighted by molar-refractivity contribution is 5.42. The lowest BCUT2D eigenvalue weighted by atomic mass is 10.1. The van der Waals surface area contributed by atoms with E-state index < -0.39 is 6.04 Å². The zero-order chi connectivity index (χ0) is 12.4. The third kappa shape index (κ3) is 2.07. The van der Waals surface area contributed by atoms with Crippen LogP contribution in [0.15, 0.2) is 30.7 Å². The van der Waals surface area contributed by atoms with Gasteiger partial charge in [-0.15, -0.1) is 0 Å². The van der Waals surface area contributed by atoms with E-state index >= 15 is 0 Å². The summed E-state index contributed by atoms with van der Waals surface area (Å²) < 4.78 is 15.2. The molecule has 2 aromatic rings. The molecule has 0 saturated carbocycles. The maximum absolute atomic E-state index is 13.5. The molecule has 0 amide bonds. The molecule has 1 heterocycles. The van der Waals surface area contributed by atoms with Crippen molar-refractivity contribution in [2.45, 2.75) is 13.0 Å². The molecule has 0 bridgehead atoms. The number of imidazole rings is 1. The topological polar surface area (TPSA) is 64.1 Å². The summed E-state index contributed by atoms with van der Waals surface area (Å²) in [7, 11) is 0. The van der Waals surface area contributed by atoms with Crippen LogP contribution in [0.25, 0.3) is 5.69 Å². The smallest absolute Gasteiger partial charge is 0.128 e. The Kier molecular flexibility index (Phi) is 3.21. The second-order valence-electron chi connectivity index (χ2n) is 3.86. The lowest BCUT2D eigenvalue weighted by Gasteiger charge is -2.14. The van der Waals surface area contributed by atoms with E-state index in [-0.39, 0.29) is 12.4 Å². The molecule has 1 atom stereocenters. The molecule has 1 aromatic heterocycles. The van der Waals surface area contributed by atoms with Crippen molar-refractivity contribution in [1.82, 2.24) is 9.55 Å². The molecular weight excluding hydrogens is 221 g/mol. The molecular formula is C12H14FN3O. The molecule has 0 fully saturated rings. The average Bonchev–Trinajstić information content (AvgIpc) is 2.80. The lowest BCUT2D eigenvalue weighted by molar-refractivity contribution is 0.265. The first kappa shape index (κ1) is 11.8. The van der Waals surface area contributed by atoms with Gasteiger partial charge in [0, 0.05) is 5.56 Å². The molecule has 0 aliphatic carbocycles. The minimum absolute atomic E-state index is 0.180. The number of aliphatic hydroxyl groups excluding tert-OH is 1. The summed E-state index contributed by atoms with van der Waals surface area (Å²) in [5.74, 6) is -0.278. The van der Waals surface area contributed by atoms with Crippen LogP contribution in [-0.2, 0) is 0 Å². The van der Waals surface area contributed by atoms with Gasteiger partial charge in [0.1, 0.15) is 5.82 Å². The normalized spacial score (nSPS) is 12.7. The van der Waals surface area contributed by atoms with Crippen LogP contribution < -0.4 is 5.73 Å². The molecule has 5 heteroatoms. The van der Waals surface area contributed by atoms with Crippen LogP contribution >= 0.6 is 0 Å². The fourth-order valence-electron chi connectivity index (χ4n) is 1.73. The van der Waals surface area contributed by atoms with E-state index in [1.165, 1.54) is 6.07 Å². The van der Waals surface area contributed by atoms with Crippen molar-refractivity contribution in [3.05, 3.63) is 47.8 Å². The van der Waals surface area contributed by atoms with E-state index in [4.69, 9.17) is 10.8 Å². The minimum Gasteiger partial charge on any atom is -0.394 e. The molecule has 1 unspecified atom stereocenters. The van der Waals surface area contributed by atoms with Gasteiger partial charge in [-0.1, -0.05) is 6.07 Å². The standard InChI is InChI=1S/C12H14FN3O/c1-8-9(13)3-2-4-11(8)16-7-15-5-12(16)10(14)6-17/h2-5,7,10,17H,6,14H2,1H3. The number of aromatic nitrogens is 2. The Hall–Kier alpha value is -1.72. The summed E-state index contributed by atoms with van der Waals surface area (Å²) in [5.41, 5.74) is 7.62. The van der Waals surface area contributed by atoms with Crippen molar-refractivity contribution in [1.29, 1.82) is 0 Å². The summed E-state index contributed by atoms with van der Waals surface area (Å²) in [6.07, 6.45) is 3.14. The summed E-state index contributed by atoms with van der Waals surface area (Å²) in [6.45, 7) is 1.51. The molecule has 1 aromatic carbocycles. The molecule has 17 heavy (non-hydrogen) atoms. The fourth-order valence-corrected chi connectivity index (χ4v) is 1.73. The van der Waals surface area contributed by atoms with Crippen molar-refractivity contribution < 1.29 is 9.50 Å². The first-order valence-electron chi connectivity index (χ1n) is 5.29. The van der Waals surface area contributed by atoms with Gasteiger partial charge >= 0.3 is 0 Å². The van der Waals surface area contributed by atoms with Gasteiger partial charge in [0.25, 0.3) is 0 Å². The number of nitrogens with two attached hydrogens (primary N) is 1. The van der Waals surface area contributed by atoms with Gasteiger partial charge in [0.2, 0.25) is 0 Å². The molecule has 3 N–H and O–H groups in total. The molecule has 0 radical (unpaired) electrons. The van der Waals surface area contributed by atoms with Gasteiger partial charge in [-0.25, -0.2) is 9.37 Å². The van der Waals surface area contributed by atoms with E-state index in [1.807, 2.05) is 0 Å². The third-order valence-corrected chi connectivity index (χ3v) is 2.74. The number of hydrogen-bond acceptors (Lipinski definition) is 3. The molecule has 0 aliphatic heterocycles. The lowest BCUT2D eigenvalue weighted by Crippen LogP contribution is -2.18. The highest BCUT2D eigenvalue weighted by Crippen LogP contribution is 2.21. The van der Waals surface area contributed by atoms with Crippen molar-refractivity contribution >= 4 is 0 Å². The number of halogens is 1. The van der Waals surface area contributed by atoms with Gasteiger partial charge in [0.05, 0.1) is 36.6 Å². The van der Waals surface area contributed by atoms with Crippen LogP contribution in [-0.4, -0.2) is 21.3 Å². The maximum atomic E-state index is 13.5. The number of benzene rings is 1. The van der Waals surface area contributed by atoms with Gasteiger partial charge in [0.15, 0.2) is 0 Å². The Bertz CT molecular complexity index is 524. The highest BCUT2D eigenvalue weighted by atomic mass is 19.1. The van der Waals surface area contributed by atoms with Gasteiger partial charge in [-0.2, -0.15) is 0 Å². The Morgan fingerprint density at radius 1 is 1.53 bits per heavy atom. The first-order chi connectivity index (χ1) is 8.15. The zero-order valence-corrected chi connectivity index (χ0v) is 9.47. The Balaban J connectivity index is 2.54. The van der Waals surface area contributed by atoms with Crippen molar-refractivity contribution in [3.63, 3.8) is 0 Å². The number of nitrogens with zero attached hydrogens (tertiary/aromatic N) is 2. The monoisotopic (exact) mass is 235 g/mol. The number of aliphatic hydroxyl groups is 1. The van der Waals surface area contributed by atoms with Gasteiger partial charge in [-0.3, -0.25) is 0 Å². The Morgan fingerprint density at radius 3 is 3.00 bits per heavy atom. The molecule has 90 valence electrons. The summed E-state index contributed by atoms with van der Waals surface area (Å²) in [4.78, 5) is 3.99. The summed E-state index contributed by atoms with van der Waals surface area (Å²) in [6, 6.07) is 4.29. The SMILES string of the molecule is Cc1c(F)cccc1-n1cncc1C(N)CO. The van der Waals surface area contributed by atoms with E-state index in [2.05, 4.69) is 4.98 Å². The second kappa shape index (κ2) is 4.65. The van der Waals surface area contributed by atoms with Crippen LogP contribution in [0.5, 0.6) is 0 Å². The molecule has 2 rings (SSSR count). The minimum atomic E-state index is -0.528. The van der Waals surface area contributed by atoms with Gasteiger partial charge in [-0.05, 0) is 19.1 Å². The maximum Gasteiger partial charge on any atom is 0.128 e. The number of hydrogen-bond donors (Lipinski definition) is 2. The predicted molar refractivity (Wildman–Crippen MR) is 62.3 cm³/mol. The molecule has 0 spiro atoms. The molecule has 0 saturated heterocycles. The summed E-state index contributed by atoms with van der Waals surface area (Å²) in [5, 5.41) is 9.06. The van der Waals surface area contributed by atoms with Crippen LogP contribution in [0.3, 0.4) is 0 Å². The van der Waals surface area contributed by atoms with E-state index in [0.29, 0.717) is 16.9 Å². The van der Waals surface area contributed by atoms with E-state index in [1.54, 1.807) is 36.1 Å². The predicted octanol–water partition coefficient (Wildman–Crippen LogP) is 1.31. The Morgan fingerprint density at radius 2 is 2.29 bits per heavy atom. The van der Waals surface area contributed by atoms with Crippen LogP contribution in [0.1, 0.15) is 17.3 Å². The van der Waals surface area contributed by atoms with Crippen LogP contribution in [0, 0.1) is 12.7 Å². The zero-order valence-electron chi connectivity index (χ0n) is 9.47. The highest BCUT2D eigenvalue weighted by Gasteiger charge is 2.14. The average molecular weight is 235 g/mol. The van der Waals surface area contributed by atoms with Gasteiger partial charge < -0.3 is 15.4 Å². The number of rotatable bonds is 3. The molecule has 4 nitrogen and oxygen atoms in total. The quantitative estimate of drug-likeness (QED) is 0.843. The van der Waals surface area contributed by atoms with Crippen LogP contribution in [0.4, 0.5) is 4.39 Å². The Labute approximate surface area is 98.5 Å². The van der Waals surface area contributed by atoms with Crippen molar-refractivity contribution in [3.8, 4) is 5.69 Å². The van der Waals surface area contributed by atoms with Crippen molar-refractivity contribution in [2.24, 2.45) is 5.73 Å². The fraction of sp³-hybridized carbons (Fsp3) is 0.250. The summed E-state index contributed by atoms with van der Waals surface area (Å²) >= 11 is 0. The molecule has 0 aliphatic rings. The van der Waals surface area contributed by atoms with Crippen LogP contribution in [0.2, 0.25) is 0 Å². The first-order valence-corrected chi connectivity index (χ1v) is 5.29. The van der Waals surface area contributed by atoms with E-state index in [9.17, 15) is 4.39 Å². The van der Waals surface area contributed by atoms with Crippen molar-refractivity contribution in [2.75, 3.05) is 6.61 Å². The third-order valence-electron chi connectivity index (χ3n) is 2.74. The van der Waals surface area contributed by atoms with E-state index in [0.717, 1.165) is 0 Å².